The number of benzene rings is 3. The molecule has 0 heterocycles. The van der Waals surface area contributed by atoms with Crippen molar-refractivity contribution in [3.05, 3.63) is 104 Å². The van der Waals surface area contributed by atoms with Crippen molar-refractivity contribution in [1.82, 2.24) is 0 Å². The van der Waals surface area contributed by atoms with Crippen LogP contribution in [-0.4, -0.2) is 5.78 Å². The van der Waals surface area contributed by atoms with Crippen molar-refractivity contribution in [2.75, 3.05) is 0 Å². The van der Waals surface area contributed by atoms with Crippen LogP contribution in [0.1, 0.15) is 15.9 Å². The summed E-state index contributed by atoms with van der Waals surface area (Å²) in [5, 5.41) is 0.516. The molecule has 0 radical (unpaired) electrons. The van der Waals surface area contributed by atoms with Crippen molar-refractivity contribution in [2.24, 2.45) is 0 Å². The monoisotopic (exact) mass is 464 g/mol. The number of ketones is 1. The van der Waals surface area contributed by atoms with Gasteiger partial charge in [-0.1, -0.05) is 39.3 Å². The summed E-state index contributed by atoms with van der Waals surface area (Å²) in [5.41, 5.74) is 0.566. The lowest BCUT2D eigenvalue weighted by atomic mass is 10.1. The van der Waals surface area contributed by atoms with Gasteiger partial charge in [0.25, 0.3) is 0 Å². The summed E-state index contributed by atoms with van der Waals surface area (Å²) in [5.74, 6) is -1.67. The molecule has 0 aliphatic carbocycles. The highest BCUT2D eigenvalue weighted by Crippen LogP contribution is 2.32. The molecule has 0 saturated heterocycles. The average molecular weight is 466 g/mol. The third kappa shape index (κ3) is 5.28. The van der Waals surface area contributed by atoms with E-state index in [1.165, 1.54) is 23.9 Å². The zero-order chi connectivity index (χ0) is 19.4. The fourth-order valence-corrected chi connectivity index (χ4v) is 3.59. The van der Waals surface area contributed by atoms with E-state index >= 15 is 0 Å². The second-order valence-corrected chi connectivity index (χ2v) is 8.03. The zero-order valence-corrected chi connectivity index (χ0v) is 16.9. The highest BCUT2D eigenvalue weighted by Gasteiger charge is 2.15. The van der Waals surface area contributed by atoms with E-state index in [0.29, 0.717) is 15.5 Å². The van der Waals surface area contributed by atoms with E-state index in [0.717, 1.165) is 21.5 Å². The number of carbonyl (C=O) groups is 1. The Hall–Kier alpha value is -1.95. The van der Waals surface area contributed by atoms with Gasteiger partial charge in [0, 0.05) is 31.6 Å². The van der Waals surface area contributed by atoms with Gasteiger partial charge in [0.2, 0.25) is 0 Å². The summed E-state index contributed by atoms with van der Waals surface area (Å²) in [7, 11) is 0. The van der Waals surface area contributed by atoms with Crippen molar-refractivity contribution in [2.45, 2.75) is 4.90 Å². The van der Waals surface area contributed by atoms with Gasteiger partial charge >= 0.3 is 0 Å². The Morgan fingerprint density at radius 3 is 2.26 bits per heavy atom. The molecular formula is C21H12BrClF2OS. The molecule has 0 aromatic heterocycles. The van der Waals surface area contributed by atoms with E-state index in [2.05, 4.69) is 15.9 Å². The fraction of sp³-hybridized carbons (Fsp3) is 0. The quantitative estimate of drug-likeness (QED) is 0.222. The number of halogens is 4. The fourth-order valence-electron chi connectivity index (χ4n) is 2.27. The Kier molecular flexibility index (Phi) is 6.47. The minimum absolute atomic E-state index is 0.137. The van der Waals surface area contributed by atoms with Gasteiger partial charge in [-0.3, -0.25) is 4.79 Å². The molecule has 3 rings (SSSR count). The molecular weight excluding hydrogens is 454 g/mol. The normalized spacial score (nSPS) is 11.5. The molecule has 0 N–H and O–H groups in total. The number of allylic oxidation sites excluding steroid dienone is 1. The van der Waals surface area contributed by atoms with Crippen LogP contribution < -0.4 is 0 Å². The largest absolute Gasteiger partial charge is 0.288 e. The van der Waals surface area contributed by atoms with Gasteiger partial charge in [-0.25, -0.2) is 8.78 Å². The minimum atomic E-state index is -0.729. The topological polar surface area (TPSA) is 17.1 Å². The van der Waals surface area contributed by atoms with Crippen LogP contribution in [0.3, 0.4) is 0 Å². The number of hydrogen-bond acceptors (Lipinski definition) is 2. The SMILES string of the molecule is O=C(/C(=C\c1ccc(F)cc1F)Sc1ccc(Br)cc1)c1ccc(Cl)cc1. The second kappa shape index (κ2) is 8.83. The van der Waals surface area contributed by atoms with Crippen LogP contribution in [0.4, 0.5) is 8.78 Å². The molecule has 27 heavy (non-hydrogen) atoms. The lowest BCUT2D eigenvalue weighted by Crippen LogP contribution is -2.01. The molecule has 0 amide bonds. The zero-order valence-electron chi connectivity index (χ0n) is 13.8. The predicted octanol–water partition coefficient (Wildman–Crippen LogP) is 7.40. The minimum Gasteiger partial charge on any atom is -0.288 e. The average Bonchev–Trinajstić information content (AvgIpc) is 2.65. The Labute approximate surface area is 173 Å². The first-order valence-electron chi connectivity index (χ1n) is 7.83. The van der Waals surface area contributed by atoms with Crippen molar-refractivity contribution < 1.29 is 13.6 Å². The summed E-state index contributed by atoms with van der Waals surface area (Å²) in [6.07, 6.45) is 1.43. The van der Waals surface area contributed by atoms with Crippen LogP contribution >= 0.6 is 39.3 Å². The van der Waals surface area contributed by atoms with Crippen LogP contribution in [-0.2, 0) is 0 Å². The van der Waals surface area contributed by atoms with Gasteiger partial charge in [0.1, 0.15) is 11.6 Å². The molecule has 0 spiro atoms. The summed E-state index contributed by atoms with van der Waals surface area (Å²) >= 11 is 10.5. The van der Waals surface area contributed by atoms with E-state index in [-0.39, 0.29) is 11.3 Å². The van der Waals surface area contributed by atoms with Gasteiger partial charge in [-0.15, -0.1) is 0 Å². The molecule has 0 aliphatic heterocycles. The Balaban J connectivity index is 2.01. The van der Waals surface area contributed by atoms with Gasteiger partial charge in [-0.05, 0) is 66.7 Å². The third-order valence-electron chi connectivity index (χ3n) is 3.62. The van der Waals surface area contributed by atoms with E-state index in [9.17, 15) is 13.6 Å². The molecule has 0 fully saturated rings. The maximum atomic E-state index is 14.1. The van der Waals surface area contributed by atoms with Gasteiger partial charge in [0.05, 0.1) is 4.91 Å². The van der Waals surface area contributed by atoms with Gasteiger partial charge in [-0.2, -0.15) is 0 Å². The van der Waals surface area contributed by atoms with Crippen LogP contribution in [0.15, 0.2) is 81.0 Å². The first-order valence-corrected chi connectivity index (χ1v) is 9.81. The van der Waals surface area contributed by atoms with E-state index in [1.54, 1.807) is 24.3 Å². The lowest BCUT2D eigenvalue weighted by Gasteiger charge is -2.08. The van der Waals surface area contributed by atoms with E-state index in [4.69, 9.17) is 11.6 Å². The molecule has 0 saturated carbocycles. The summed E-state index contributed by atoms with van der Waals surface area (Å²) < 4.78 is 28.2. The molecule has 1 nitrogen and oxygen atoms in total. The summed E-state index contributed by atoms with van der Waals surface area (Å²) in [6, 6.07) is 17.1. The predicted molar refractivity (Wildman–Crippen MR) is 110 cm³/mol. The maximum Gasteiger partial charge on any atom is 0.199 e. The van der Waals surface area contributed by atoms with Crippen molar-refractivity contribution in [3.8, 4) is 0 Å². The van der Waals surface area contributed by atoms with Crippen LogP contribution in [0.5, 0.6) is 0 Å². The molecule has 136 valence electrons. The van der Waals surface area contributed by atoms with E-state index in [1.807, 2.05) is 24.3 Å². The first kappa shape index (κ1) is 19.8. The maximum absolute atomic E-state index is 14.1. The number of thioether (sulfide) groups is 1. The van der Waals surface area contributed by atoms with E-state index < -0.39 is 11.6 Å². The molecule has 0 bridgehead atoms. The molecule has 3 aromatic rings. The van der Waals surface area contributed by atoms with Crippen molar-refractivity contribution in [1.29, 1.82) is 0 Å². The first-order chi connectivity index (χ1) is 12.9. The summed E-state index contributed by atoms with van der Waals surface area (Å²) in [4.78, 5) is 14.1. The number of carbonyl (C=O) groups excluding carboxylic acids is 1. The van der Waals surface area contributed by atoms with Crippen LogP contribution in [0.2, 0.25) is 5.02 Å². The van der Waals surface area contributed by atoms with Gasteiger partial charge in [0.15, 0.2) is 5.78 Å². The Morgan fingerprint density at radius 1 is 0.963 bits per heavy atom. The highest BCUT2D eigenvalue weighted by molar-refractivity contribution is 9.10. The number of Topliss-reactive ketones (excluding diaryl/α,β-unsaturated/α-hetero) is 1. The van der Waals surface area contributed by atoms with Crippen molar-refractivity contribution >= 4 is 51.2 Å². The van der Waals surface area contributed by atoms with Crippen LogP contribution in [0, 0.1) is 11.6 Å². The molecule has 6 heteroatoms. The smallest absolute Gasteiger partial charge is 0.199 e. The molecule has 3 aromatic carbocycles. The number of hydrogen-bond donors (Lipinski definition) is 0. The third-order valence-corrected chi connectivity index (χ3v) is 5.43. The molecule has 0 unspecified atom stereocenters. The highest BCUT2D eigenvalue weighted by atomic mass is 79.9. The van der Waals surface area contributed by atoms with Gasteiger partial charge < -0.3 is 0 Å². The van der Waals surface area contributed by atoms with Crippen molar-refractivity contribution in [3.63, 3.8) is 0 Å². The Morgan fingerprint density at radius 2 is 1.63 bits per heavy atom. The summed E-state index contributed by atoms with van der Waals surface area (Å²) in [6.45, 7) is 0. The standard InChI is InChI=1S/C21H12BrClF2OS/c22-15-4-9-18(10-5-15)27-20(11-14-3-8-17(24)12-19(14)25)21(26)13-1-6-16(23)7-2-13/h1-12H/b20-11+. The van der Waals surface area contributed by atoms with Crippen LogP contribution in [0.25, 0.3) is 6.08 Å². The number of rotatable bonds is 5. The second-order valence-electron chi connectivity index (χ2n) is 5.57. The lowest BCUT2D eigenvalue weighted by molar-refractivity contribution is 0.104. The molecule has 0 atom stereocenters. The molecule has 0 aliphatic rings. The Bertz CT molecular complexity index is 1000.